The van der Waals surface area contributed by atoms with Gasteiger partial charge in [0.2, 0.25) is 15.9 Å². The predicted molar refractivity (Wildman–Crippen MR) is 78.3 cm³/mol. The van der Waals surface area contributed by atoms with E-state index in [1.54, 1.807) is 12.1 Å². The molecular formula is C13H17ClN2O3S. The fourth-order valence-electron chi connectivity index (χ4n) is 1.79. The lowest BCUT2D eigenvalue weighted by Crippen LogP contribution is -2.31. The van der Waals surface area contributed by atoms with Gasteiger partial charge in [-0.25, -0.2) is 13.1 Å². The monoisotopic (exact) mass is 316 g/mol. The average Bonchev–Trinajstić information content (AvgIpc) is 3.17. The van der Waals surface area contributed by atoms with Crippen LogP contribution in [-0.4, -0.2) is 26.7 Å². The highest BCUT2D eigenvalue weighted by Crippen LogP contribution is 2.46. The molecule has 1 aliphatic carbocycles. The van der Waals surface area contributed by atoms with E-state index in [2.05, 4.69) is 10.0 Å². The smallest absolute Gasteiger partial charge is 0.240 e. The molecule has 0 unspecified atom stereocenters. The standard InChI is InChI=1S/C13H17ClN2O3S/c1-10(17)16-11-2-4-12(5-3-11)20(18,19)15-9-13(8-14)6-7-13/h2-5,15H,6-9H2,1H3,(H,16,17). The van der Waals surface area contributed by atoms with Crippen LogP contribution < -0.4 is 10.0 Å². The SMILES string of the molecule is CC(=O)Nc1ccc(S(=O)(=O)NCC2(CCl)CC2)cc1. The Bertz CT molecular complexity index is 595. The third-order valence-corrected chi connectivity index (χ3v) is 5.35. The molecule has 0 heterocycles. The van der Waals surface area contributed by atoms with Crippen LogP contribution in [0.4, 0.5) is 5.69 Å². The number of alkyl halides is 1. The van der Waals surface area contributed by atoms with Crippen molar-refractivity contribution in [1.29, 1.82) is 0 Å². The van der Waals surface area contributed by atoms with Gasteiger partial charge in [0.05, 0.1) is 4.90 Å². The molecule has 1 amide bonds. The van der Waals surface area contributed by atoms with Crippen molar-refractivity contribution >= 4 is 33.2 Å². The number of sulfonamides is 1. The second-order valence-corrected chi connectivity index (χ2v) is 7.20. The molecule has 1 aromatic rings. The van der Waals surface area contributed by atoms with Gasteiger partial charge in [-0.3, -0.25) is 4.79 Å². The van der Waals surface area contributed by atoms with E-state index in [4.69, 9.17) is 11.6 Å². The molecule has 5 nitrogen and oxygen atoms in total. The molecular weight excluding hydrogens is 300 g/mol. The number of carbonyl (C=O) groups excluding carboxylic acids is 1. The van der Waals surface area contributed by atoms with Crippen LogP contribution in [0.2, 0.25) is 0 Å². The van der Waals surface area contributed by atoms with Gasteiger partial charge in [0.15, 0.2) is 0 Å². The zero-order chi connectivity index (χ0) is 14.8. The summed E-state index contributed by atoms with van der Waals surface area (Å²) >= 11 is 5.82. The van der Waals surface area contributed by atoms with Gasteiger partial charge in [-0.2, -0.15) is 0 Å². The van der Waals surface area contributed by atoms with Gasteiger partial charge in [-0.05, 0) is 42.5 Å². The van der Waals surface area contributed by atoms with E-state index in [9.17, 15) is 13.2 Å². The third kappa shape index (κ3) is 3.71. The molecule has 1 saturated carbocycles. The fourth-order valence-corrected chi connectivity index (χ4v) is 3.31. The molecule has 0 atom stereocenters. The Kier molecular flexibility index (Phi) is 4.36. The van der Waals surface area contributed by atoms with Crippen molar-refractivity contribution in [2.24, 2.45) is 5.41 Å². The van der Waals surface area contributed by atoms with Gasteiger partial charge >= 0.3 is 0 Å². The molecule has 7 heteroatoms. The predicted octanol–water partition coefficient (Wildman–Crippen LogP) is 1.94. The van der Waals surface area contributed by atoms with Crippen molar-refractivity contribution < 1.29 is 13.2 Å². The quantitative estimate of drug-likeness (QED) is 0.788. The molecule has 0 saturated heterocycles. The molecule has 1 aromatic carbocycles. The van der Waals surface area contributed by atoms with Crippen molar-refractivity contribution in [3.8, 4) is 0 Å². The van der Waals surface area contributed by atoms with Gasteiger partial charge in [0, 0.05) is 25.0 Å². The number of amides is 1. The van der Waals surface area contributed by atoms with Gasteiger partial charge in [-0.15, -0.1) is 11.6 Å². The van der Waals surface area contributed by atoms with E-state index < -0.39 is 10.0 Å². The van der Waals surface area contributed by atoms with Crippen LogP contribution >= 0.6 is 11.6 Å². The van der Waals surface area contributed by atoms with Crippen molar-refractivity contribution in [2.75, 3.05) is 17.7 Å². The molecule has 110 valence electrons. The zero-order valence-corrected chi connectivity index (χ0v) is 12.7. The number of hydrogen-bond donors (Lipinski definition) is 2. The van der Waals surface area contributed by atoms with Gasteiger partial charge in [-0.1, -0.05) is 0 Å². The first-order valence-electron chi connectivity index (χ1n) is 6.30. The van der Waals surface area contributed by atoms with Crippen LogP contribution in [0, 0.1) is 5.41 Å². The maximum absolute atomic E-state index is 12.1. The second-order valence-electron chi connectivity index (χ2n) is 5.16. The lowest BCUT2D eigenvalue weighted by atomic mass is 10.1. The van der Waals surface area contributed by atoms with Crippen molar-refractivity contribution in [3.63, 3.8) is 0 Å². The molecule has 2 rings (SSSR count). The third-order valence-electron chi connectivity index (χ3n) is 3.36. The molecule has 0 spiro atoms. The Morgan fingerprint density at radius 2 is 1.90 bits per heavy atom. The number of rotatable bonds is 6. The molecule has 1 fully saturated rings. The number of anilines is 1. The summed E-state index contributed by atoms with van der Waals surface area (Å²) in [6.45, 7) is 1.76. The van der Waals surface area contributed by atoms with E-state index in [1.807, 2.05) is 0 Å². The van der Waals surface area contributed by atoms with Crippen LogP contribution in [0.3, 0.4) is 0 Å². The minimum atomic E-state index is -3.53. The Balaban J connectivity index is 2.03. The lowest BCUT2D eigenvalue weighted by molar-refractivity contribution is -0.114. The molecule has 0 aliphatic heterocycles. The van der Waals surface area contributed by atoms with Crippen molar-refractivity contribution in [2.45, 2.75) is 24.7 Å². The summed E-state index contributed by atoms with van der Waals surface area (Å²) in [5.74, 6) is 0.272. The number of nitrogens with one attached hydrogen (secondary N) is 2. The van der Waals surface area contributed by atoms with E-state index in [1.165, 1.54) is 19.1 Å². The summed E-state index contributed by atoms with van der Waals surface area (Å²) in [6, 6.07) is 6.05. The van der Waals surface area contributed by atoms with Gasteiger partial charge < -0.3 is 5.32 Å². The molecule has 20 heavy (non-hydrogen) atoms. The number of benzene rings is 1. The topological polar surface area (TPSA) is 75.3 Å². The van der Waals surface area contributed by atoms with Gasteiger partial charge in [0.1, 0.15) is 0 Å². The Labute approximate surface area is 123 Å². The van der Waals surface area contributed by atoms with E-state index >= 15 is 0 Å². The van der Waals surface area contributed by atoms with E-state index in [0.29, 0.717) is 18.1 Å². The van der Waals surface area contributed by atoms with Gasteiger partial charge in [0.25, 0.3) is 0 Å². The highest BCUT2D eigenvalue weighted by Gasteiger charge is 2.42. The Morgan fingerprint density at radius 1 is 1.30 bits per heavy atom. The first-order valence-corrected chi connectivity index (χ1v) is 8.32. The summed E-state index contributed by atoms with van der Waals surface area (Å²) in [7, 11) is -3.53. The van der Waals surface area contributed by atoms with Crippen molar-refractivity contribution in [1.82, 2.24) is 4.72 Å². The number of carbonyl (C=O) groups is 1. The van der Waals surface area contributed by atoms with E-state index in [-0.39, 0.29) is 16.2 Å². The maximum Gasteiger partial charge on any atom is 0.240 e. The normalized spacial score (nSPS) is 16.7. The summed E-state index contributed by atoms with van der Waals surface area (Å²) in [5, 5.41) is 2.59. The van der Waals surface area contributed by atoms with Crippen LogP contribution in [0.1, 0.15) is 19.8 Å². The number of hydrogen-bond acceptors (Lipinski definition) is 3. The first-order chi connectivity index (χ1) is 9.37. The minimum absolute atomic E-state index is 0.0647. The highest BCUT2D eigenvalue weighted by molar-refractivity contribution is 7.89. The van der Waals surface area contributed by atoms with Crippen LogP contribution in [0.25, 0.3) is 0 Å². The number of halogens is 1. The zero-order valence-electron chi connectivity index (χ0n) is 11.1. The van der Waals surface area contributed by atoms with Crippen LogP contribution in [0.5, 0.6) is 0 Å². The lowest BCUT2D eigenvalue weighted by Gasteiger charge is -2.13. The summed E-state index contributed by atoms with van der Waals surface area (Å²) in [4.78, 5) is 11.1. The van der Waals surface area contributed by atoms with Crippen LogP contribution in [-0.2, 0) is 14.8 Å². The maximum atomic E-state index is 12.1. The highest BCUT2D eigenvalue weighted by atomic mass is 35.5. The molecule has 2 N–H and O–H groups in total. The molecule has 0 bridgehead atoms. The molecule has 1 aliphatic rings. The van der Waals surface area contributed by atoms with Crippen molar-refractivity contribution in [3.05, 3.63) is 24.3 Å². The van der Waals surface area contributed by atoms with E-state index in [0.717, 1.165) is 12.8 Å². The largest absolute Gasteiger partial charge is 0.326 e. The molecule has 0 aromatic heterocycles. The summed E-state index contributed by atoms with van der Waals surface area (Å²) in [6.07, 6.45) is 1.92. The summed E-state index contributed by atoms with van der Waals surface area (Å²) in [5.41, 5.74) is 0.501. The average molecular weight is 317 g/mol. The first kappa shape index (κ1) is 15.3. The summed E-state index contributed by atoms with van der Waals surface area (Å²) < 4.78 is 26.8. The minimum Gasteiger partial charge on any atom is -0.326 e. The van der Waals surface area contributed by atoms with Crippen LogP contribution in [0.15, 0.2) is 29.2 Å². The molecule has 0 radical (unpaired) electrons. The Hall–Kier alpha value is -1.11. The fraction of sp³-hybridized carbons (Fsp3) is 0.462. The Morgan fingerprint density at radius 3 is 2.35 bits per heavy atom. The second kappa shape index (κ2) is 5.71.